The Kier molecular flexibility index (Phi) is 44.9. The van der Waals surface area contributed by atoms with Gasteiger partial charge in [0.05, 0.1) is 34.0 Å². The quantitative estimate of drug-likeness (QED) is 0.0295. The molecule has 0 aliphatic heterocycles. The highest BCUT2D eigenvalue weighted by Crippen LogP contribution is 2.36. The summed E-state index contributed by atoms with van der Waals surface area (Å²) in [5.41, 5.74) is 9.95. The molecule has 5 aliphatic rings. The molecule has 1 unspecified atom stereocenters. The van der Waals surface area contributed by atoms with Crippen LogP contribution >= 0.6 is 114 Å². The van der Waals surface area contributed by atoms with E-state index in [0.717, 1.165) is 64.5 Å². The van der Waals surface area contributed by atoms with Crippen LogP contribution in [0.25, 0.3) is 22.1 Å². The normalized spacial score (nSPS) is 15.1. The Labute approximate surface area is 631 Å². The molecule has 0 bridgehead atoms. The molecule has 1 atom stereocenters. The Morgan fingerprint density at radius 1 is 0.653 bits per heavy atom. The Hall–Kier alpha value is -5.12. The number of hydrogen-bond acceptors (Lipinski definition) is 18. The van der Waals surface area contributed by atoms with Crippen molar-refractivity contribution in [2.45, 2.75) is 207 Å². The summed E-state index contributed by atoms with van der Waals surface area (Å²) in [6, 6.07) is 6.40. The van der Waals surface area contributed by atoms with E-state index in [9.17, 15) is 9.59 Å². The molecular weight excluding hydrogens is 1530 g/mol. The number of nitrogens with zero attached hydrogens (tertiary/aromatic N) is 13. The first-order chi connectivity index (χ1) is 46.1. The van der Waals surface area contributed by atoms with Gasteiger partial charge in [-0.05, 0) is 173 Å². The molecule has 5 aliphatic carbocycles. The van der Waals surface area contributed by atoms with E-state index in [4.69, 9.17) is 85.6 Å². The van der Waals surface area contributed by atoms with Crippen molar-refractivity contribution in [3.63, 3.8) is 0 Å². The summed E-state index contributed by atoms with van der Waals surface area (Å²) in [5, 5.41) is 26.6. The van der Waals surface area contributed by atoms with Crippen LogP contribution < -0.4 is 16.4 Å². The van der Waals surface area contributed by atoms with E-state index in [-0.39, 0.29) is 66.1 Å². The molecule has 7 aromatic heterocycles. The molecule has 21 nitrogen and oxygen atoms in total. The van der Waals surface area contributed by atoms with Crippen molar-refractivity contribution < 1.29 is 24.5 Å². The number of rotatable bonds is 9. The zero-order chi connectivity index (χ0) is 70.5. The average molecular weight is 1620 g/mol. The SMILES string of the molecule is C.C#CCO.CCC.CCOC(C)=O.CCc1cc2cnc(Cl)nc2n1C1CCCC1.CN(C)C(=O)c1cc2cnc(Cl)nc2n1C1CCCC1.Cl.Clc1ncc(Br)c(Cl)n1.Clc1ncc(Br)c(NC2CCCC2)n1.NC1[CH+]CCC1.OCC#Cc1cnc(Cl)nc1NC1CCCC1. The third-order valence-corrected chi connectivity index (χ3v) is 17.6. The van der Waals surface area contributed by atoms with Crippen LogP contribution in [-0.4, -0.2) is 138 Å². The lowest BCUT2D eigenvalue weighted by molar-refractivity contribution is -0.140. The highest BCUT2D eigenvalue weighted by atomic mass is 79.9. The van der Waals surface area contributed by atoms with Gasteiger partial charge in [0.15, 0.2) is 0 Å². The summed E-state index contributed by atoms with van der Waals surface area (Å²) >= 11 is 40.8. The van der Waals surface area contributed by atoms with Crippen molar-refractivity contribution in [3.8, 4) is 24.2 Å². The molecule has 30 heteroatoms. The van der Waals surface area contributed by atoms with Crippen LogP contribution in [0.3, 0.4) is 0 Å². The van der Waals surface area contributed by atoms with Gasteiger partial charge in [-0.1, -0.05) is 115 Å². The number of nitrogens with two attached hydrogens (primary N) is 1. The van der Waals surface area contributed by atoms with Gasteiger partial charge in [-0.15, -0.1) is 18.8 Å². The summed E-state index contributed by atoms with van der Waals surface area (Å²) in [4.78, 5) is 64.0. The first-order valence-corrected chi connectivity index (χ1v) is 36.2. The Morgan fingerprint density at radius 2 is 1.09 bits per heavy atom. The number of aryl methyl sites for hydroxylation is 1. The molecule has 5 fully saturated rings. The molecule has 7 heterocycles. The predicted molar refractivity (Wildman–Crippen MR) is 409 cm³/mol. The minimum atomic E-state index is -0.211. The minimum Gasteiger partial charge on any atom is -0.466 e. The predicted octanol–water partition coefficient (Wildman–Crippen LogP) is 17.6. The summed E-state index contributed by atoms with van der Waals surface area (Å²) < 4.78 is 10.4. The van der Waals surface area contributed by atoms with E-state index in [1.54, 1.807) is 44.5 Å². The minimum absolute atomic E-state index is 0. The number of anilines is 2. The zero-order valence-corrected chi connectivity index (χ0v) is 64.5. The van der Waals surface area contributed by atoms with Crippen LogP contribution in [0, 0.1) is 30.6 Å². The van der Waals surface area contributed by atoms with Crippen molar-refractivity contribution in [1.29, 1.82) is 0 Å². The standard InChI is InChI=1S/C14H17ClN4O.C13H16ClN3.C12H14ClN3O.C9H11BrClN3.C5H10N.C4HBrCl2N2.C4H8O2.C3H4O.C3H8.CH4.ClH/c1-18(2)13(20)11-7-9-8-16-14(15)17-12(9)19(11)10-5-3-4-6-10;1-2-10-7-9-8-15-13(14)16-12(9)17(10)11-5-3-4-6-11;13-12-14-8-9(4-3-7-17)11(16-12)15-10-5-1-2-6-10;10-7-5-12-9(11)14-8(7)13-6-3-1-2-4-6;6-5-3-1-2-4-5;5-2-1-8-4(7)9-3(2)6;1-3-6-4(2)5;1-2-3-4;1-3-2;;/h7-8,10H,3-6H2,1-2H3;7-8,11H,2-6H2,1H3;8,10,17H,1-2,5-7H2,(H,14,15,16);5-6H,1-4H2,(H,12,13,14);3,5H,1-2,4,6H2;1H;3H2,1-2H3;1,4H,3H2;3H2,1-2H3;1H4;1H/q;;;;+1;;;;;;. The van der Waals surface area contributed by atoms with E-state index in [0.29, 0.717) is 68.8 Å². The number of carbonyl (C=O) groups is 2. The maximum atomic E-state index is 12.4. The van der Waals surface area contributed by atoms with Gasteiger partial charge in [-0.2, -0.15) is 19.9 Å². The summed E-state index contributed by atoms with van der Waals surface area (Å²) in [7, 11) is 3.52. The van der Waals surface area contributed by atoms with Gasteiger partial charge in [-0.3, -0.25) is 15.3 Å². The van der Waals surface area contributed by atoms with Gasteiger partial charge in [0.1, 0.15) is 53.0 Å². The maximum Gasteiger partial charge on any atom is 0.302 e. The van der Waals surface area contributed by atoms with Crippen molar-refractivity contribution in [2.75, 3.05) is 44.5 Å². The number of carbonyl (C=O) groups excluding carboxylic acids is 2. The lowest BCUT2D eigenvalue weighted by atomic mass is 10.2. The van der Waals surface area contributed by atoms with Crippen LogP contribution in [0.2, 0.25) is 31.6 Å². The number of aliphatic hydroxyl groups excluding tert-OH is 2. The number of fused-ring (bicyclic) bond motifs is 2. The lowest BCUT2D eigenvalue weighted by Gasteiger charge is -2.18. The number of aliphatic hydroxyl groups is 2. The average Bonchev–Trinajstić information content (AvgIpc) is 1.63. The lowest BCUT2D eigenvalue weighted by Crippen LogP contribution is -2.25. The second kappa shape index (κ2) is 49.4. The third-order valence-electron chi connectivity index (χ3n) is 15.0. The number of nitrogens with one attached hydrogen (secondary N) is 2. The molecule has 0 spiro atoms. The van der Waals surface area contributed by atoms with E-state index in [1.807, 2.05) is 18.2 Å². The second-order valence-corrected chi connectivity index (χ2v) is 26.5. The summed E-state index contributed by atoms with van der Waals surface area (Å²) in [6.45, 7) is 9.76. The van der Waals surface area contributed by atoms with Crippen molar-refractivity contribution in [1.82, 2.24) is 63.9 Å². The van der Waals surface area contributed by atoms with Crippen LogP contribution in [0.15, 0.2) is 52.1 Å². The largest absolute Gasteiger partial charge is 0.466 e. The van der Waals surface area contributed by atoms with Crippen molar-refractivity contribution in [3.05, 3.63) is 107 Å². The fraction of sp³-hybridized carbons (Fsp3) is 0.544. The number of halogens is 9. The van der Waals surface area contributed by atoms with Gasteiger partial charge in [0, 0.05) is 99.1 Å². The van der Waals surface area contributed by atoms with Gasteiger partial charge in [0.2, 0.25) is 26.4 Å². The topological polar surface area (TPSA) is 276 Å². The molecule has 1 amide bonds. The van der Waals surface area contributed by atoms with Crippen LogP contribution in [-0.2, 0) is 16.0 Å². The molecule has 98 heavy (non-hydrogen) atoms. The number of esters is 1. The zero-order valence-electron chi connectivity index (χ0n) is 56.0. The molecule has 7 aromatic rings. The number of hydrogen-bond donors (Lipinski definition) is 5. The first-order valence-electron chi connectivity index (χ1n) is 32.3. The fourth-order valence-electron chi connectivity index (χ4n) is 10.8. The van der Waals surface area contributed by atoms with Crippen molar-refractivity contribution in [2.24, 2.45) is 5.73 Å². The number of terminal acetylenes is 1. The second-order valence-electron chi connectivity index (χ2n) is 22.7. The van der Waals surface area contributed by atoms with E-state index in [1.165, 1.54) is 122 Å². The van der Waals surface area contributed by atoms with Crippen LogP contribution in [0.1, 0.15) is 204 Å². The van der Waals surface area contributed by atoms with Gasteiger partial charge in [0.25, 0.3) is 5.91 Å². The first kappa shape index (κ1) is 89.0. The van der Waals surface area contributed by atoms with E-state index in [2.05, 4.69) is 158 Å². The summed E-state index contributed by atoms with van der Waals surface area (Å²) in [6.07, 6.45) is 40.5. The summed E-state index contributed by atoms with van der Waals surface area (Å²) in [5.74, 6) is 8.64. The molecule has 0 radical (unpaired) electrons. The van der Waals surface area contributed by atoms with Gasteiger partial charge in [-0.25, -0.2) is 29.9 Å². The number of amides is 1. The van der Waals surface area contributed by atoms with Crippen molar-refractivity contribution >= 4 is 159 Å². The molecule has 12 rings (SSSR count). The molecule has 5 saturated carbocycles. The van der Waals surface area contributed by atoms with Crippen LogP contribution in [0.4, 0.5) is 11.6 Å². The smallest absolute Gasteiger partial charge is 0.302 e. The van der Waals surface area contributed by atoms with Crippen LogP contribution in [0.5, 0.6) is 0 Å². The third kappa shape index (κ3) is 31.4. The highest BCUT2D eigenvalue weighted by Gasteiger charge is 2.27. The molecule has 0 saturated heterocycles. The Balaban J connectivity index is 0.000000393. The monoisotopic (exact) mass is 1620 g/mol. The number of aromatic nitrogens is 12. The molecule has 0 aromatic carbocycles. The number of ether oxygens (including phenoxy) is 1. The Morgan fingerprint density at radius 3 is 1.51 bits per heavy atom. The molecule has 6 N–H and O–H groups in total. The Bertz CT molecular complexity index is 3580. The van der Waals surface area contributed by atoms with E-state index < -0.39 is 0 Å². The highest BCUT2D eigenvalue weighted by molar-refractivity contribution is 9.11. The molecule has 538 valence electrons. The van der Waals surface area contributed by atoms with Gasteiger partial charge < -0.3 is 39.6 Å². The maximum absolute atomic E-state index is 12.4. The fourth-order valence-corrected chi connectivity index (χ4v) is 12.1. The van der Waals surface area contributed by atoms with E-state index >= 15 is 0 Å². The van der Waals surface area contributed by atoms with Gasteiger partial charge >= 0.3 is 5.97 Å². The molecular formula is C68H94Br2Cl7N16O5+.